The van der Waals surface area contributed by atoms with Crippen LogP contribution in [0.15, 0.2) is 303 Å². The molecule has 0 N–H and O–H groups in total. The summed E-state index contributed by atoms with van der Waals surface area (Å²) < 4.78 is 2.45. The third-order valence-electron chi connectivity index (χ3n) is 14.8. The molecule has 0 fully saturated rings. The van der Waals surface area contributed by atoms with Crippen LogP contribution in [0, 0.1) is 0 Å². The largest absolute Gasteiger partial charge is 0.310 e. The van der Waals surface area contributed by atoms with Crippen molar-refractivity contribution in [2.45, 2.75) is 0 Å². The number of rotatable bonds is 11. The summed E-state index contributed by atoms with van der Waals surface area (Å²) in [4.78, 5) is 2.45. The van der Waals surface area contributed by atoms with Gasteiger partial charge >= 0.3 is 0 Å². The Labute approximate surface area is 428 Å². The van der Waals surface area contributed by atoms with Crippen LogP contribution in [-0.4, -0.2) is 12.6 Å². The van der Waals surface area contributed by atoms with Crippen molar-refractivity contribution >= 4 is 78.5 Å². The van der Waals surface area contributed by atoms with E-state index in [0.29, 0.717) is 0 Å². The monoisotopic (exact) mass is 946 g/mol. The maximum Gasteiger partial charge on any atom is 0.179 e. The van der Waals surface area contributed by atoms with Gasteiger partial charge in [0.25, 0.3) is 0 Å². The predicted molar refractivity (Wildman–Crippen MR) is 313 cm³/mol. The van der Waals surface area contributed by atoms with E-state index in [2.05, 4.69) is 313 Å². The van der Waals surface area contributed by atoms with Crippen LogP contribution in [0.5, 0.6) is 0 Å². The van der Waals surface area contributed by atoms with Crippen LogP contribution in [0.1, 0.15) is 0 Å². The number of hydrogen-bond acceptors (Lipinski definition) is 1. The smallest absolute Gasteiger partial charge is 0.179 e. The van der Waals surface area contributed by atoms with Crippen molar-refractivity contribution < 1.29 is 0 Å². The van der Waals surface area contributed by atoms with E-state index in [1.54, 1.807) is 0 Å². The van der Waals surface area contributed by atoms with E-state index >= 15 is 0 Å². The van der Waals surface area contributed by atoms with Gasteiger partial charge in [-0.2, -0.15) is 0 Å². The van der Waals surface area contributed by atoms with Crippen molar-refractivity contribution in [3.05, 3.63) is 303 Å². The van der Waals surface area contributed by atoms with Crippen LogP contribution in [0.25, 0.3) is 71.6 Å². The van der Waals surface area contributed by atoms with E-state index in [-0.39, 0.29) is 0 Å². The molecule has 0 saturated heterocycles. The van der Waals surface area contributed by atoms with E-state index < -0.39 is 8.07 Å². The average molecular weight is 947 g/mol. The molecule has 0 amide bonds. The molecule has 0 bridgehead atoms. The summed E-state index contributed by atoms with van der Waals surface area (Å²) in [5.74, 6) is 0. The molecular weight excluding hydrogens is 897 g/mol. The molecule has 0 saturated carbocycles. The molecule has 0 atom stereocenters. The van der Waals surface area contributed by atoms with Gasteiger partial charge < -0.3 is 9.47 Å². The zero-order chi connectivity index (χ0) is 48.6. The molecular formula is C70H50N2Si. The minimum Gasteiger partial charge on any atom is -0.310 e. The van der Waals surface area contributed by atoms with Gasteiger partial charge in [-0.15, -0.1) is 0 Å². The molecule has 13 rings (SSSR count). The normalized spacial score (nSPS) is 11.6. The van der Waals surface area contributed by atoms with Gasteiger partial charge in [0, 0.05) is 27.7 Å². The van der Waals surface area contributed by atoms with Crippen molar-refractivity contribution in [2.75, 3.05) is 4.90 Å². The Balaban J connectivity index is 0.953. The highest BCUT2D eigenvalue weighted by atomic mass is 28.3. The standard InChI is InChI=1S/C70H50N2Si/c1-5-21-54(22-6-1)64-32-15-17-35-66(64)72-67-36-18-16-33-65(67)70-68(37-20-38-69(70)72)71(57-47-41-55(42-48-57)63-34-19-24-53-23-13-14-31-62(53)63)56-45-39-51(40-46-56)52-43-49-61(50-44-52)73(58-25-7-2-8-26-58,59-27-9-3-10-28-59)60-29-11-4-12-30-60/h1-50H. The topological polar surface area (TPSA) is 8.17 Å². The number of nitrogens with zero attached hydrogens (tertiary/aromatic N) is 2. The summed E-state index contributed by atoms with van der Waals surface area (Å²) >= 11 is 0. The van der Waals surface area contributed by atoms with Gasteiger partial charge in [-0.25, -0.2) is 0 Å². The van der Waals surface area contributed by atoms with Crippen LogP contribution in [0.2, 0.25) is 0 Å². The molecule has 0 aliphatic carbocycles. The first-order valence-corrected chi connectivity index (χ1v) is 27.2. The number of benzene rings is 12. The van der Waals surface area contributed by atoms with Gasteiger partial charge in [0.15, 0.2) is 8.07 Å². The summed E-state index contributed by atoms with van der Waals surface area (Å²) in [6.07, 6.45) is 0. The van der Waals surface area contributed by atoms with Gasteiger partial charge in [-0.05, 0) is 108 Å². The molecule has 344 valence electrons. The molecule has 13 aromatic rings. The fourth-order valence-electron chi connectivity index (χ4n) is 11.5. The number of fused-ring (bicyclic) bond motifs is 4. The number of hydrogen-bond donors (Lipinski definition) is 0. The van der Waals surface area contributed by atoms with Gasteiger partial charge in [-0.3, -0.25) is 0 Å². The Hall–Kier alpha value is -9.28. The Morgan fingerprint density at radius 3 is 1.33 bits per heavy atom. The molecule has 2 nitrogen and oxygen atoms in total. The zero-order valence-corrected chi connectivity index (χ0v) is 41.3. The Kier molecular flexibility index (Phi) is 11.3. The first kappa shape index (κ1) is 43.7. The van der Waals surface area contributed by atoms with Crippen molar-refractivity contribution in [3.8, 4) is 39.1 Å². The van der Waals surface area contributed by atoms with E-state index in [1.165, 1.54) is 75.7 Å². The molecule has 0 aliphatic rings. The van der Waals surface area contributed by atoms with E-state index in [9.17, 15) is 0 Å². The van der Waals surface area contributed by atoms with Crippen LogP contribution in [-0.2, 0) is 0 Å². The molecule has 3 heteroatoms. The third-order valence-corrected chi connectivity index (χ3v) is 19.6. The summed E-state index contributed by atoms with van der Waals surface area (Å²) in [5, 5.41) is 10.3. The lowest BCUT2D eigenvalue weighted by atomic mass is 9.98. The molecule has 0 aliphatic heterocycles. The Morgan fingerprint density at radius 2 is 0.699 bits per heavy atom. The quantitative estimate of drug-likeness (QED) is 0.0926. The summed E-state index contributed by atoms with van der Waals surface area (Å²) in [5.41, 5.74) is 13.9. The Morgan fingerprint density at radius 1 is 0.274 bits per heavy atom. The van der Waals surface area contributed by atoms with Crippen molar-refractivity contribution in [1.29, 1.82) is 0 Å². The average Bonchev–Trinajstić information content (AvgIpc) is 3.82. The molecule has 73 heavy (non-hydrogen) atoms. The number of anilines is 3. The van der Waals surface area contributed by atoms with Crippen molar-refractivity contribution in [1.82, 2.24) is 4.57 Å². The maximum absolute atomic E-state index is 2.65. The lowest BCUT2D eigenvalue weighted by Crippen LogP contribution is -2.74. The molecule has 0 radical (unpaired) electrons. The summed E-state index contributed by atoms with van der Waals surface area (Å²) in [6, 6.07) is 112. The fourth-order valence-corrected chi connectivity index (χ4v) is 16.2. The molecule has 12 aromatic carbocycles. The van der Waals surface area contributed by atoms with E-state index in [1.807, 2.05) is 0 Å². The minimum absolute atomic E-state index is 1.08. The third kappa shape index (κ3) is 7.66. The highest BCUT2D eigenvalue weighted by Gasteiger charge is 2.41. The fraction of sp³-hybridized carbons (Fsp3) is 0. The van der Waals surface area contributed by atoms with Gasteiger partial charge in [0.1, 0.15) is 0 Å². The van der Waals surface area contributed by atoms with Crippen LogP contribution in [0.3, 0.4) is 0 Å². The second-order valence-electron chi connectivity index (χ2n) is 18.8. The Bertz CT molecular complexity index is 3940. The molecule has 0 spiro atoms. The minimum atomic E-state index is -2.65. The second-order valence-corrected chi connectivity index (χ2v) is 22.6. The van der Waals surface area contributed by atoms with E-state index in [4.69, 9.17) is 0 Å². The van der Waals surface area contributed by atoms with Gasteiger partial charge in [0.2, 0.25) is 0 Å². The van der Waals surface area contributed by atoms with Crippen LogP contribution in [0.4, 0.5) is 17.1 Å². The van der Waals surface area contributed by atoms with Gasteiger partial charge in [-0.1, -0.05) is 255 Å². The predicted octanol–water partition coefficient (Wildman–Crippen LogP) is 15.8. The molecule has 1 heterocycles. The maximum atomic E-state index is 2.45. The van der Waals surface area contributed by atoms with Gasteiger partial charge in [0.05, 0.1) is 22.4 Å². The SMILES string of the molecule is c1ccc(-c2ccccc2-n2c3ccccc3c3c(N(c4ccc(-c5ccc([Si](c6ccccc6)(c6ccccc6)c6ccccc6)cc5)cc4)c4ccc(-c5cccc6ccccc56)cc4)cccc32)cc1. The highest BCUT2D eigenvalue weighted by molar-refractivity contribution is 7.19. The number of aromatic nitrogens is 1. The first-order valence-electron chi connectivity index (χ1n) is 25.2. The summed E-state index contributed by atoms with van der Waals surface area (Å²) in [6.45, 7) is 0. The van der Waals surface area contributed by atoms with Crippen molar-refractivity contribution in [2.24, 2.45) is 0 Å². The van der Waals surface area contributed by atoms with Crippen LogP contribution >= 0.6 is 0 Å². The molecule has 1 aromatic heterocycles. The summed E-state index contributed by atoms with van der Waals surface area (Å²) in [7, 11) is -2.65. The van der Waals surface area contributed by atoms with Crippen LogP contribution < -0.4 is 25.6 Å². The number of para-hydroxylation sites is 2. The lowest BCUT2D eigenvalue weighted by Gasteiger charge is -2.34. The first-order chi connectivity index (χ1) is 36.2. The second kappa shape index (κ2) is 18.8. The van der Waals surface area contributed by atoms with E-state index in [0.717, 1.165) is 33.8 Å². The van der Waals surface area contributed by atoms with Crippen molar-refractivity contribution in [3.63, 3.8) is 0 Å². The lowest BCUT2D eigenvalue weighted by molar-refractivity contribution is 1.18. The molecule has 0 unspecified atom stereocenters. The highest BCUT2D eigenvalue weighted by Crippen LogP contribution is 2.45. The zero-order valence-electron chi connectivity index (χ0n) is 40.3.